The molecule has 0 unspecified atom stereocenters. The first-order chi connectivity index (χ1) is 14.1. The molecular weight excluding hydrogens is 419 g/mol. The molecule has 0 heterocycles. The quantitative estimate of drug-likeness (QED) is 0.171. The van der Waals surface area contributed by atoms with Crippen LogP contribution in [-0.4, -0.2) is 47.5 Å². The molecule has 166 valence electrons. The van der Waals surface area contributed by atoms with Crippen LogP contribution >= 0.6 is 7.60 Å². The van der Waals surface area contributed by atoms with Gasteiger partial charge in [-0.2, -0.15) is 0 Å². The number of carbonyl (C=O) groups is 1. The maximum Gasteiger partial charge on any atom is 0.362 e. The minimum absolute atomic E-state index is 0.101. The fourth-order valence-electron chi connectivity index (χ4n) is 2.27. The van der Waals surface area contributed by atoms with Gasteiger partial charge in [-0.15, -0.1) is 10.1 Å². The Bertz CT molecular complexity index is 900. The zero-order valence-electron chi connectivity index (χ0n) is 16.6. The summed E-state index contributed by atoms with van der Waals surface area (Å²) in [5.41, 5.74) is 5.73. The second-order valence-electron chi connectivity index (χ2n) is 6.15. The van der Waals surface area contributed by atoms with Crippen molar-refractivity contribution in [3.8, 4) is 5.75 Å². The van der Waals surface area contributed by atoms with E-state index in [2.05, 4.69) is 9.57 Å². The monoisotopic (exact) mass is 444 g/mol. The summed E-state index contributed by atoms with van der Waals surface area (Å²) < 4.78 is 20.5. The Balaban J connectivity index is 0.000000479. The van der Waals surface area contributed by atoms with Gasteiger partial charge in [0.25, 0.3) is 5.09 Å². The van der Waals surface area contributed by atoms with E-state index in [1.165, 1.54) is 0 Å². The largest absolute Gasteiger partial charge is 0.497 e. The van der Waals surface area contributed by atoms with Gasteiger partial charge in [-0.1, -0.05) is 24.3 Å². The maximum absolute atomic E-state index is 11.8. The summed E-state index contributed by atoms with van der Waals surface area (Å²) in [5, 5.41) is 10.5. The first-order valence-corrected chi connectivity index (χ1v) is 10.6. The van der Waals surface area contributed by atoms with E-state index >= 15 is 0 Å². The minimum Gasteiger partial charge on any atom is -0.497 e. The Kier molecular flexibility index (Phi) is 10.2. The zero-order valence-corrected chi connectivity index (χ0v) is 17.5. The molecule has 2 aromatic rings. The molecule has 0 aliphatic carbocycles. The van der Waals surface area contributed by atoms with Crippen molar-refractivity contribution in [2.24, 2.45) is 5.73 Å². The van der Waals surface area contributed by atoms with Crippen molar-refractivity contribution in [1.82, 2.24) is 0 Å². The van der Waals surface area contributed by atoms with E-state index in [1.54, 1.807) is 20.1 Å². The van der Waals surface area contributed by atoms with Gasteiger partial charge < -0.3 is 29.8 Å². The van der Waals surface area contributed by atoms with Gasteiger partial charge in [-0.25, -0.2) is 0 Å². The first kappa shape index (κ1) is 25.3. The lowest BCUT2D eigenvalue weighted by atomic mass is 9.98. The lowest BCUT2D eigenvalue weighted by molar-refractivity contribution is -0.757. The van der Waals surface area contributed by atoms with E-state index in [9.17, 15) is 19.5 Å². The van der Waals surface area contributed by atoms with Gasteiger partial charge in [-0.05, 0) is 48.4 Å². The van der Waals surface area contributed by atoms with E-state index in [4.69, 9.17) is 20.3 Å². The van der Waals surface area contributed by atoms with E-state index in [-0.39, 0.29) is 6.61 Å². The first-order valence-electron chi connectivity index (χ1n) is 8.83. The summed E-state index contributed by atoms with van der Waals surface area (Å²) >= 11 is 0. The number of nitrogens with zero attached hydrogens (tertiary/aromatic N) is 1. The van der Waals surface area contributed by atoms with Crippen molar-refractivity contribution in [3.05, 3.63) is 52.1 Å². The van der Waals surface area contributed by atoms with Gasteiger partial charge in [0.15, 0.2) is 6.35 Å². The summed E-state index contributed by atoms with van der Waals surface area (Å²) in [4.78, 5) is 42.6. The standard InChI is InChI=1S/C15H17O6P.C3H8N2O3/c1-10(15(16)21-9-22(17,18)19)11-3-4-13-8-14(20-2)6-5-12(13)7-11;4-2-1-3-8-5(6)7/h3-8,10H,9H2,1-2H3,(H2,17,18,19);1-4H2/t10-;/m0./s1. The lowest BCUT2D eigenvalue weighted by Gasteiger charge is -2.13. The number of nitrogens with two attached hydrogens (primary N) is 1. The third-order valence-corrected chi connectivity index (χ3v) is 4.31. The number of benzene rings is 2. The highest BCUT2D eigenvalue weighted by Crippen LogP contribution is 2.35. The molecule has 0 amide bonds. The van der Waals surface area contributed by atoms with Crippen LogP contribution in [0.5, 0.6) is 5.75 Å². The molecule has 12 heteroatoms. The van der Waals surface area contributed by atoms with E-state index in [0.717, 1.165) is 16.5 Å². The number of methoxy groups -OCH3 is 1. The van der Waals surface area contributed by atoms with Gasteiger partial charge in [0.05, 0.1) is 19.6 Å². The molecule has 2 aromatic carbocycles. The fourth-order valence-corrected chi connectivity index (χ4v) is 2.57. The highest BCUT2D eigenvalue weighted by molar-refractivity contribution is 7.51. The van der Waals surface area contributed by atoms with Crippen LogP contribution in [0.25, 0.3) is 10.8 Å². The van der Waals surface area contributed by atoms with Gasteiger partial charge in [0.2, 0.25) is 0 Å². The van der Waals surface area contributed by atoms with Crippen molar-refractivity contribution in [3.63, 3.8) is 0 Å². The molecule has 0 fully saturated rings. The Labute approximate surface area is 173 Å². The van der Waals surface area contributed by atoms with Gasteiger partial charge in [-0.3, -0.25) is 9.36 Å². The van der Waals surface area contributed by atoms with Crippen LogP contribution in [-0.2, 0) is 18.9 Å². The molecule has 0 aliphatic rings. The van der Waals surface area contributed by atoms with Crippen LogP contribution in [0.1, 0.15) is 24.8 Å². The topological polar surface area (TPSA) is 171 Å². The summed E-state index contributed by atoms with van der Waals surface area (Å²) in [5.74, 6) is -0.538. The molecule has 0 bridgehead atoms. The predicted octanol–water partition coefficient (Wildman–Crippen LogP) is 2.17. The fraction of sp³-hybridized carbons (Fsp3) is 0.389. The smallest absolute Gasteiger partial charge is 0.362 e. The SMILES string of the molecule is COc1ccc2cc([C@H](C)C(=O)OCP(=O)(O)O)ccc2c1.NCCCO[N+](=O)[O-]. The van der Waals surface area contributed by atoms with Crippen LogP contribution in [0.4, 0.5) is 0 Å². The van der Waals surface area contributed by atoms with E-state index in [0.29, 0.717) is 18.5 Å². The Morgan fingerprint density at radius 1 is 1.23 bits per heavy atom. The molecule has 1 atom stereocenters. The van der Waals surface area contributed by atoms with Crippen LogP contribution in [0.15, 0.2) is 36.4 Å². The highest BCUT2D eigenvalue weighted by Gasteiger charge is 2.21. The number of hydrogen-bond acceptors (Lipinski definition) is 8. The van der Waals surface area contributed by atoms with E-state index < -0.39 is 30.9 Å². The molecule has 0 spiro atoms. The molecule has 4 N–H and O–H groups in total. The van der Waals surface area contributed by atoms with Crippen molar-refractivity contribution >= 4 is 24.3 Å². The Morgan fingerprint density at radius 3 is 2.43 bits per heavy atom. The molecule has 2 rings (SSSR count). The molecule has 0 saturated carbocycles. The number of fused-ring (bicyclic) bond motifs is 1. The lowest BCUT2D eigenvalue weighted by Crippen LogP contribution is -2.14. The van der Waals surface area contributed by atoms with Gasteiger partial charge in [0, 0.05) is 0 Å². The summed E-state index contributed by atoms with van der Waals surface area (Å²) in [6.45, 7) is 2.16. The van der Waals surface area contributed by atoms with Crippen molar-refractivity contribution in [1.29, 1.82) is 0 Å². The molecular formula is C18H25N2O9P. The average molecular weight is 444 g/mol. The number of rotatable bonds is 9. The number of hydrogen-bond donors (Lipinski definition) is 3. The molecule has 0 aliphatic heterocycles. The van der Waals surface area contributed by atoms with Crippen molar-refractivity contribution in [2.75, 3.05) is 26.6 Å². The van der Waals surface area contributed by atoms with Crippen LogP contribution in [0.2, 0.25) is 0 Å². The minimum atomic E-state index is -4.36. The molecule has 30 heavy (non-hydrogen) atoms. The van der Waals surface area contributed by atoms with Crippen LogP contribution in [0, 0.1) is 10.1 Å². The zero-order chi connectivity index (χ0) is 22.7. The molecule has 0 radical (unpaired) electrons. The van der Waals surface area contributed by atoms with Crippen molar-refractivity contribution in [2.45, 2.75) is 19.3 Å². The second kappa shape index (κ2) is 12.1. The predicted molar refractivity (Wildman–Crippen MR) is 109 cm³/mol. The van der Waals surface area contributed by atoms with Gasteiger partial charge in [0.1, 0.15) is 5.75 Å². The Morgan fingerprint density at radius 2 is 1.87 bits per heavy atom. The average Bonchev–Trinajstić information content (AvgIpc) is 2.70. The highest BCUT2D eigenvalue weighted by atomic mass is 31.2. The normalized spacial score (nSPS) is 11.8. The molecule has 0 saturated heterocycles. The Hall–Kier alpha value is -2.72. The van der Waals surface area contributed by atoms with Crippen LogP contribution < -0.4 is 10.5 Å². The maximum atomic E-state index is 11.8. The number of carbonyl (C=O) groups excluding carboxylic acids is 1. The summed E-state index contributed by atoms with van der Waals surface area (Å²) in [6, 6.07) is 11.1. The number of ether oxygens (including phenoxy) is 2. The van der Waals surface area contributed by atoms with Gasteiger partial charge >= 0.3 is 13.6 Å². The third kappa shape index (κ3) is 9.19. The molecule has 0 aromatic heterocycles. The van der Waals surface area contributed by atoms with Crippen molar-refractivity contribution < 1.29 is 38.5 Å². The second-order valence-corrected chi connectivity index (χ2v) is 7.74. The van der Waals surface area contributed by atoms with E-state index in [1.807, 2.05) is 30.3 Å². The molecule has 11 nitrogen and oxygen atoms in total. The number of esters is 1. The summed E-state index contributed by atoms with van der Waals surface area (Å²) in [6.07, 6.45) is -0.373. The summed E-state index contributed by atoms with van der Waals surface area (Å²) in [7, 11) is -2.76. The van der Waals surface area contributed by atoms with Crippen LogP contribution in [0.3, 0.4) is 0 Å². The third-order valence-electron chi connectivity index (χ3n) is 3.85.